The Morgan fingerprint density at radius 2 is 1.81 bits per heavy atom. The van der Waals surface area contributed by atoms with E-state index >= 15 is 0 Å². The second kappa shape index (κ2) is 5.85. The van der Waals surface area contributed by atoms with Crippen LogP contribution >= 0.6 is 15.9 Å². The van der Waals surface area contributed by atoms with Crippen LogP contribution in [0.25, 0.3) is 0 Å². The fourth-order valence-electron chi connectivity index (χ4n) is 1.77. The number of benzene rings is 2. The van der Waals surface area contributed by atoms with Crippen LogP contribution in [0.1, 0.15) is 11.1 Å². The van der Waals surface area contributed by atoms with Crippen molar-refractivity contribution >= 4 is 21.6 Å². The topological polar surface area (TPSA) is 52.5 Å². The lowest BCUT2D eigenvalue weighted by atomic mass is 10.1. The van der Waals surface area contributed by atoms with Crippen molar-refractivity contribution in [3.8, 4) is 11.5 Å². The van der Waals surface area contributed by atoms with Crippen LogP contribution < -0.4 is 5.32 Å². The monoisotopic (exact) mass is 361 g/mol. The zero-order valence-electron chi connectivity index (χ0n) is 10.6. The molecule has 7 heteroatoms. The smallest absolute Gasteiger partial charge is 0.416 e. The van der Waals surface area contributed by atoms with Crippen LogP contribution in [0.5, 0.6) is 11.5 Å². The molecule has 0 atom stereocenters. The number of anilines is 1. The molecule has 3 nitrogen and oxygen atoms in total. The Morgan fingerprint density at radius 1 is 1.10 bits per heavy atom. The minimum atomic E-state index is -4.44. The predicted molar refractivity (Wildman–Crippen MR) is 76.2 cm³/mol. The van der Waals surface area contributed by atoms with E-state index in [0.29, 0.717) is 10.0 Å². The molecule has 0 aliphatic rings. The van der Waals surface area contributed by atoms with E-state index in [-0.39, 0.29) is 23.7 Å². The summed E-state index contributed by atoms with van der Waals surface area (Å²) in [6.07, 6.45) is -4.44. The number of phenolic OH excluding ortho intramolecular Hbond substituents is 2. The lowest BCUT2D eigenvalue weighted by molar-refractivity contribution is -0.137. The van der Waals surface area contributed by atoms with Crippen molar-refractivity contribution in [1.82, 2.24) is 0 Å². The van der Waals surface area contributed by atoms with Crippen LogP contribution in [0, 0.1) is 0 Å². The van der Waals surface area contributed by atoms with Crippen LogP contribution in [0.15, 0.2) is 40.9 Å². The molecule has 0 saturated heterocycles. The summed E-state index contributed by atoms with van der Waals surface area (Å²) in [4.78, 5) is 0. The normalized spacial score (nSPS) is 11.4. The second-order valence-electron chi connectivity index (χ2n) is 4.36. The first-order valence-electron chi connectivity index (χ1n) is 5.89. The average molecular weight is 362 g/mol. The summed E-state index contributed by atoms with van der Waals surface area (Å²) < 4.78 is 38.4. The van der Waals surface area contributed by atoms with Gasteiger partial charge in [-0.3, -0.25) is 0 Å². The molecule has 112 valence electrons. The van der Waals surface area contributed by atoms with E-state index in [1.165, 1.54) is 18.2 Å². The Labute approximate surface area is 127 Å². The molecule has 0 unspecified atom stereocenters. The zero-order valence-corrected chi connectivity index (χ0v) is 12.2. The van der Waals surface area contributed by atoms with Gasteiger partial charge < -0.3 is 15.5 Å². The predicted octanol–water partition coefficient (Wildman–Crippen LogP) is 4.49. The molecule has 0 aliphatic heterocycles. The standard InChI is InChI=1S/C14H11BrF3NO2/c15-10-4-9(14(16,17)18)5-11(6-10)19-7-8-2-1-3-12(20)13(8)21/h1-6,19-21H,7H2. The second-order valence-corrected chi connectivity index (χ2v) is 5.28. The summed E-state index contributed by atoms with van der Waals surface area (Å²) >= 11 is 3.03. The minimum Gasteiger partial charge on any atom is -0.504 e. The quantitative estimate of drug-likeness (QED) is 0.706. The molecule has 0 heterocycles. The molecule has 0 saturated carbocycles. The summed E-state index contributed by atoms with van der Waals surface area (Å²) in [5, 5.41) is 21.8. The van der Waals surface area contributed by atoms with Gasteiger partial charge in [0.2, 0.25) is 0 Å². The number of phenols is 2. The molecule has 2 aromatic rings. The third-order valence-corrected chi connectivity index (χ3v) is 3.26. The molecule has 3 N–H and O–H groups in total. The van der Waals surface area contributed by atoms with Crippen LogP contribution in [-0.4, -0.2) is 10.2 Å². The van der Waals surface area contributed by atoms with Gasteiger partial charge in [0.25, 0.3) is 0 Å². The molecular formula is C14H11BrF3NO2. The lowest BCUT2D eigenvalue weighted by Crippen LogP contribution is -2.07. The molecule has 0 radical (unpaired) electrons. The highest BCUT2D eigenvalue weighted by Crippen LogP contribution is 2.34. The molecule has 0 aromatic heterocycles. The van der Waals surface area contributed by atoms with E-state index in [2.05, 4.69) is 21.2 Å². The summed E-state index contributed by atoms with van der Waals surface area (Å²) in [6.45, 7) is 0.0774. The van der Waals surface area contributed by atoms with E-state index in [0.717, 1.165) is 12.1 Å². The molecule has 0 fully saturated rings. The van der Waals surface area contributed by atoms with Crippen LogP contribution in [0.4, 0.5) is 18.9 Å². The van der Waals surface area contributed by atoms with Crippen molar-refractivity contribution < 1.29 is 23.4 Å². The van der Waals surface area contributed by atoms with E-state index < -0.39 is 11.7 Å². The fourth-order valence-corrected chi connectivity index (χ4v) is 2.27. The molecule has 0 bridgehead atoms. The van der Waals surface area contributed by atoms with Gasteiger partial charge in [-0.05, 0) is 24.3 Å². The number of halogens is 4. The first-order valence-corrected chi connectivity index (χ1v) is 6.68. The van der Waals surface area contributed by atoms with Gasteiger partial charge in [-0.15, -0.1) is 0 Å². The molecule has 2 rings (SSSR count). The average Bonchev–Trinajstić information content (AvgIpc) is 2.39. The third kappa shape index (κ3) is 3.81. The highest BCUT2D eigenvalue weighted by molar-refractivity contribution is 9.10. The Bertz CT molecular complexity index is 659. The molecule has 0 spiro atoms. The van der Waals surface area contributed by atoms with Gasteiger partial charge in [0.15, 0.2) is 11.5 Å². The number of aromatic hydroxyl groups is 2. The number of alkyl halides is 3. The van der Waals surface area contributed by atoms with Crippen LogP contribution in [0.3, 0.4) is 0 Å². The van der Waals surface area contributed by atoms with Crippen molar-refractivity contribution in [3.63, 3.8) is 0 Å². The number of hydrogen-bond donors (Lipinski definition) is 3. The first-order chi connectivity index (χ1) is 9.77. The van der Waals surface area contributed by atoms with Crippen molar-refractivity contribution in [2.24, 2.45) is 0 Å². The highest BCUT2D eigenvalue weighted by atomic mass is 79.9. The van der Waals surface area contributed by atoms with Gasteiger partial charge in [0.1, 0.15) is 0 Å². The maximum absolute atomic E-state index is 12.7. The van der Waals surface area contributed by atoms with Crippen LogP contribution in [-0.2, 0) is 12.7 Å². The number of para-hydroxylation sites is 1. The Morgan fingerprint density at radius 3 is 2.48 bits per heavy atom. The summed E-state index contributed by atoms with van der Waals surface area (Å²) in [6, 6.07) is 7.87. The van der Waals surface area contributed by atoms with Gasteiger partial charge >= 0.3 is 6.18 Å². The van der Waals surface area contributed by atoms with Gasteiger partial charge in [-0.1, -0.05) is 28.1 Å². The summed E-state index contributed by atoms with van der Waals surface area (Å²) in [5.74, 6) is -0.574. The Balaban J connectivity index is 2.21. The van der Waals surface area contributed by atoms with Crippen molar-refractivity contribution in [2.75, 3.05) is 5.32 Å². The van der Waals surface area contributed by atoms with Crippen molar-refractivity contribution in [1.29, 1.82) is 0 Å². The van der Waals surface area contributed by atoms with E-state index in [4.69, 9.17) is 0 Å². The van der Waals surface area contributed by atoms with Gasteiger partial charge in [0, 0.05) is 22.3 Å². The Kier molecular flexibility index (Phi) is 4.32. The third-order valence-electron chi connectivity index (χ3n) is 2.81. The number of hydrogen-bond acceptors (Lipinski definition) is 3. The lowest BCUT2D eigenvalue weighted by Gasteiger charge is -2.12. The molecule has 2 aromatic carbocycles. The largest absolute Gasteiger partial charge is 0.504 e. The first kappa shape index (κ1) is 15.5. The van der Waals surface area contributed by atoms with Gasteiger partial charge in [0.05, 0.1) is 5.56 Å². The molecule has 0 aliphatic carbocycles. The summed E-state index contributed by atoms with van der Waals surface area (Å²) in [7, 11) is 0. The van der Waals surface area contributed by atoms with Crippen molar-refractivity contribution in [3.05, 3.63) is 52.0 Å². The van der Waals surface area contributed by atoms with E-state index in [1.54, 1.807) is 6.07 Å². The maximum Gasteiger partial charge on any atom is 0.416 e. The van der Waals surface area contributed by atoms with Crippen LogP contribution in [0.2, 0.25) is 0 Å². The van der Waals surface area contributed by atoms with Gasteiger partial charge in [-0.25, -0.2) is 0 Å². The minimum absolute atomic E-state index is 0.0774. The summed E-state index contributed by atoms with van der Waals surface area (Å²) in [5.41, 5.74) is -0.150. The van der Waals surface area contributed by atoms with E-state index in [1.807, 2.05) is 0 Å². The number of rotatable bonds is 3. The SMILES string of the molecule is Oc1cccc(CNc2cc(Br)cc(C(F)(F)F)c2)c1O. The van der Waals surface area contributed by atoms with Crippen molar-refractivity contribution in [2.45, 2.75) is 12.7 Å². The van der Waals surface area contributed by atoms with E-state index in [9.17, 15) is 23.4 Å². The molecular weight excluding hydrogens is 351 g/mol. The Hall–Kier alpha value is -1.89. The number of nitrogens with one attached hydrogen (secondary N) is 1. The zero-order chi connectivity index (χ0) is 15.6. The molecule has 21 heavy (non-hydrogen) atoms. The van der Waals surface area contributed by atoms with Gasteiger partial charge in [-0.2, -0.15) is 13.2 Å². The highest BCUT2D eigenvalue weighted by Gasteiger charge is 2.31. The maximum atomic E-state index is 12.7. The molecule has 0 amide bonds. The fraction of sp³-hybridized carbons (Fsp3) is 0.143.